The Hall–Kier alpha value is -3.20. The van der Waals surface area contributed by atoms with Crippen LogP contribution in [0, 0.1) is 19.8 Å². The molecule has 1 fully saturated rings. The summed E-state index contributed by atoms with van der Waals surface area (Å²) in [6.45, 7) is 5.79. The molecule has 180 valence electrons. The van der Waals surface area contributed by atoms with Gasteiger partial charge in [-0.25, -0.2) is 4.79 Å². The molecule has 0 unspecified atom stereocenters. The Morgan fingerprint density at radius 1 is 1.09 bits per heavy atom. The SMILES string of the molecule is CCCOC(=O)c1ccc(N2C[C@@H](C(=O)OCC(=O)Nc3cc(C)c(Br)c(C)c3)CC2=O)cc1. The van der Waals surface area contributed by atoms with E-state index >= 15 is 0 Å². The summed E-state index contributed by atoms with van der Waals surface area (Å²) in [7, 11) is 0. The maximum absolute atomic E-state index is 12.5. The number of carbonyl (C=O) groups excluding carboxylic acids is 4. The third-order valence-corrected chi connectivity index (χ3v) is 6.63. The van der Waals surface area contributed by atoms with Gasteiger partial charge in [-0.3, -0.25) is 14.4 Å². The number of aryl methyl sites for hydroxylation is 2. The first kappa shape index (κ1) is 25.4. The van der Waals surface area contributed by atoms with Crippen LogP contribution in [-0.4, -0.2) is 43.5 Å². The fourth-order valence-corrected chi connectivity index (χ4v) is 3.87. The lowest BCUT2D eigenvalue weighted by Gasteiger charge is -2.17. The van der Waals surface area contributed by atoms with Gasteiger partial charge in [0, 0.05) is 28.8 Å². The zero-order valence-electron chi connectivity index (χ0n) is 19.4. The monoisotopic (exact) mass is 530 g/mol. The summed E-state index contributed by atoms with van der Waals surface area (Å²) in [4.78, 5) is 50.6. The Morgan fingerprint density at radius 3 is 2.35 bits per heavy atom. The molecule has 8 nitrogen and oxygen atoms in total. The minimum Gasteiger partial charge on any atom is -0.462 e. The van der Waals surface area contributed by atoms with Crippen molar-refractivity contribution in [3.8, 4) is 0 Å². The lowest BCUT2D eigenvalue weighted by molar-refractivity contribution is -0.151. The molecule has 0 saturated carbocycles. The summed E-state index contributed by atoms with van der Waals surface area (Å²) < 4.78 is 11.2. The van der Waals surface area contributed by atoms with Crippen LogP contribution in [-0.2, 0) is 23.9 Å². The summed E-state index contributed by atoms with van der Waals surface area (Å²) in [5.41, 5.74) is 3.53. The van der Waals surface area contributed by atoms with Gasteiger partial charge in [-0.15, -0.1) is 0 Å². The van der Waals surface area contributed by atoms with E-state index in [0.29, 0.717) is 23.5 Å². The number of ether oxygens (including phenoxy) is 2. The van der Waals surface area contributed by atoms with Crippen molar-refractivity contribution in [2.24, 2.45) is 5.92 Å². The van der Waals surface area contributed by atoms with E-state index in [2.05, 4.69) is 21.2 Å². The Morgan fingerprint density at radius 2 is 1.74 bits per heavy atom. The number of halogens is 1. The van der Waals surface area contributed by atoms with Crippen molar-refractivity contribution in [1.29, 1.82) is 0 Å². The average Bonchev–Trinajstić information content (AvgIpc) is 3.21. The fourth-order valence-electron chi connectivity index (χ4n) is 3.64. The van der Waals surface area contributed by atoms with Gasteiger partial charge in [0.25, 0.3) is 5.91 Å². The van der Waals surface area contributed by atoms with Gasteiger partial charge >= 0.3 is 11.9 Å². The van der Waals surface area contributed by atoms with Crippen LogP contribution < -0.4 is 10.2 Å². The number of nitrogens with zero attached hydrogens (tertiary/aromatic N) is 1. The molecule has 3 rings (SSSR count). The average molecular weight is 531 g/mol. The molecule has 2 aromatic rings. The minimum atomic E-state index is -0.674. The molecule has 1 saturated heterocycles. The number of amides is 2. The number of carbonyl (C=O) groups is 4. The van der Waals surface area contributed by atoms with Crippen molar-refractivity contribution in [1.82, 2.24) is 0 Å². The van der Waals surface area contributed by atoms with Crippen LogP contribution in [0.3, 0.4) is 0 Å². The summed E-state index contributed by atoms with van der Waals surface area (Å²) in [5.74, 6) is -2.38. The highest BCUT2D eigenvalue weighted by molar-refractivity contribution is 9.10. The maximum atomic E-state index is 12.5. The van der Waals surface area contributed by atoms with Crippen LogP contribution in [0.1, 0.15) is 41.3 Å². The first-order valence-electron chi connectivity index (χ1n) is 11.0. The Balaban J connectivity index is 1.52. The standard InChI is InChI=1S/C25H27BrN2O6/c1-4-9-33-24(31)17-5-7-20(8-6-17)28-13-18(12-22(28)30)25(32)34-14-21(29)27-19-10-15(2)23(26)16(3)11-19/h5-8,10-11,18H,4,9,12-14H2,1-3H3,(H,27,29)/t18-/m0/s1. The highest BCUT2D eigenvalue weighted by Gasteiger charge is 2.36. The second-order valence-electron chi connectivity index (χ2n) is 8.17. The highest BCUT2D eigenvalue weighted by atomic mass is 79.9. The van der Waals surface area contributed by atoms with Gasteiger partial charge in [0.05, 0.1) is 18.1 Å². The molecule has 0 bridgehead atoms. The molecule has 0 aromatic heterocycles. The van der Waals surface area contributed by atoms with Crippen molar-refractivity contribution in [2.45, 2.75) is 33.6 Å². The number of benzene rings is 2. The molecule has 1 aliphatic heterocycles. The second-order valence-corrected chi connectivity index (χ2v) is 8.96. The smallest absolute Gasteiger partial charge is 0.338 e. The molecule has 9 heteroatoms. The predicted octanol–water partition coefficient (Wildman–Crippen LogP) is 4.17. The first-order valence-corrected chi connectivity index (χ1v) is 11.8. The summed E-state index contributed by atoms with van der Waals surface area (Å²) in [6, 6.07) is 10.1. The molecule has 1 aliphatic rings. The summed E-state index contributed by atoms with van der Waals surface area (Å²) >= 11 is 3.48. The zero-order chi connectivity index (χ0) is 24.8. The van der Waals surface area contributed by atoms with Gasteiger partial charge in [-0.2, -0.15) is 0 Å². The van der Waals surface area contributed by atoms with Crippen molar-refractivity contribution in [3.63, 3.8) is 0 Å². The number of hydrogen-bond acceptors (Lipinski definition) is 6. The van der Waals surface area contributed by atoms with Gasteiger partial charge < -0.3 is 19.7 Å². The number of nitrogens with one attached hydrogen (secondary N) is 1. The number of esters is 2. The molecule has 0 radical (unpaired) electrons. The van der Waals surface area contributed by atoms with Crippen LogP contribution in [0.2, 0.25) is 0 Å². The van der Waals surface area contributed by atoms with Crippen LogP contribution >= 0.6 is 15.9 Å². The van der Waals surface area contributed by atoms with Gasteiger partial charge in [0.15, 0.2) is 6.61 Å². The van der Waals surface area contributed by atoms with E-state index in [9.17, 15) is 19.2 Å². The molecule has 2 amide bonds. The number of anilines is 2. The minimum absolute atomic E-state index is 0.00809. The Labute approximate surface area is 206 Å². The second kappa shape index (κ2) is 11.3. The normalized spacial score (nSPS) is 15.2. The van der Waals surface area contributed by atoms with E-state index in [0.717, 1.165) is 22.0 Å². The maximum Gasteiger partial charge on any atom is 0.338 e. The number of rotatable bonds is 8. The van der Waals surface area contributed by atoms with Gasteiger partial charge in [0.1, 0.15) is 0 Å². The van der Waals surface area contributed by atoms with E-state index in [4.69, 9.17) is 9.47 Å². The molecular formula is C25H27BrN2O6. The highest BCUT2D eigenvalue weighted by Crippen LogP contribution is 2.27. The van der Waals surface area contributed by atoms with Crippen molar-refractivity contribution < 1.29 is 28.7 Å². The predicted molar refractivity (Wildman–Crippen MR) is 131 cm³/mol. The molecule has 0 spiro atoms. The molecule has 2 aromatic carbocycles. The zero-order valence-corrected chi connectivity index (χ0v) is 20.9. The lowest BCUT2D eigenvalue weighted by Crippen LogP contribution is -2.28. The van der Waals surface area contributed by atoms with Crippen LogP contribution in [0.15, 0.2) is 40.9 Å². The van der Waals surface area contributed by atoms with Gasteiger partial charge in [0.2, 0.25) is 5.91 Å². The Kier molecular flexibility index (Phi) is 8.44. The van der Waals surface area contributed by atoms with E-state index in [1.165, 1.54) is 4.90 Å². The van der Waals surface area contributed by atoms with E-state index in [1.807, 2.05) is 32.9 Å². The fraction of sp³-hybridized carbons (Fsp3) is 0.360. The van der Waals surface area contributed by atoms with Crippen LogP contribution in [0.5, 0.6) is 0 Å². The first-order chi connectivity index (χ1) is 16.2. The molecule has 0 aliphatic carbocycles. The lowest BCUT2D eigenvalue weighted by atomic mass is 10.1. The Bertz CT molecular complexity index is 1080. The van der Waals surface area contributed by atoms with Gasteiger partial charge in [-0.1, -0.05) is 22.9 Å². The van der Waals surface area contributed by atoms with Crippen molar-refractivity contribution in [3.05, 3.63) is 57.6 Å². The van der Waals surface area contributed by atoms with Crippen molar-refractivity contribution >= 4 is 51.1 Å². The summed E-state index contributed by atoms with van der Waals surface area (Å²) in [5, 5.41) is 2.72. The van der Waals surface area contributed by atoms with E-state index in [-0.39, 0.29) is 18.9 Å². The summed E-state index contributed by atoms with van der Waals surface area (Å²) in [6.07, 6.45) is 0.723. The van der Waals surface area contributed by atoms with E-state index in [1.54, 1.807) is 24.3 Å². The molecule has 1 atom stereocenters. The van der Waals surface area contributed by atoms with Crippen LogP contribution in [0.4, 0.5) is 11.4 Å². The number of hydrogen-bond donors (Lipinski definition) is 1. The van der Waals surface area contributed by atoms with Gasteiger partial charge in [-0.05, 0) is 67.8 Å². The van der Waals surface area contributed by atoms with Crippen LogP contribution in [0.25, 0.3) is 0 Å². The molecule has 34 heavy (non-hydrogen) atoms. The third-order valence-electron chi connectivity index (χ3n) is 5.38. The molecule has 1 N–H and O–H groups in total. The quantitative estimate of drug-likeness (QED) is 0.514. The largest absolute Gasteiger partial charge is 0.462 e. The molecule has 1 heterocycles. The van der Waals surface area contributed by atoms with Crippen molar-refractivity contribution in [2.75, 3.05) is 30.0 Å². The molecular weight excluding hydrogens is 504 g/mol. The third kappa shape index (κ3) is 6.22. The van der Waals surface area contributed by atoms with E-state index < -0.39 is 30.4 Å². The topological polar surface area (TPSA) is 102 Å².